The first kappa shape index (κ1) is 31.5. The van der Waals surface area contributed by atoms with Crippen molar-refractivity contribution >= 4 is 96.2 Å². The maximum atomic E-state index is 13.1. The van der Waals surface area contributed by atoms with Gasteiger partial charge in [-0.05, 0) is 31.0 Å². The number of hydrogen-bond donors (Lipinski definition) is 0. The Kier molecular flexibility index (Phi) is 8.08. The lowest BCUT2D eigenvalue weighted by molar-refractivity contribution is 0.345. The van der Waals surface area contributed by atoms with E-state index in [1.165, 1.54) is 41.9 Å². The molecule has 0 spiro atoms. The molecule has 0 amide bonds. The van der Waals surface area contributed by atoms with Crippen molar-refractivity contribution in [2.45, 2.75) is 38.1 Å². The Morgan fingerprint density at radius 3 is 1.96 bits per heavy atom. The molecular formula is C35H33N9O2S3. The fourth-order valence-electron chi connectivity index (χ4n) is 6.62. The number of thiophene rings is 2. The Hall–Kier alpha value is -4.79. The number of benzene rings is 1. The van der Waals surface area contributed by atoms with Gasteiger partial charge in [-0.15, -0.1) is 34.0 Å². The molecule has 0 radical (unpaired) electrons. The van der Waals surface area contributed by atoms with Gasteiger partial charge in [-0.1, -0.05) is 19.3 Å². The summed E-state index contributed by atoms with van der Waals surface area (Å²) < 4.78 is 7.92. The van der Waals surface area contributed by atoms with Crippen LogP contribution in [0.2, 0.25) is 0 Å². The number of anilines is 2. The highest BCUT2D eigenvalue weighted by Gasteiger charge is 2.21. The minimum atomic E-state index is -0.0736. The van der Waals surface area contributed by atoms with E-state index in [1.807, 2.05) is 73.2 Å². The van der Waals surface area contributed by atoms with Crippen LogP contribution in [0.5, 0.6) is 0 Å². The fourth-order valence-corrected chi connectivity index (χ4v) is 9.43. The molecule has 14 heteroatoms. The molecule has 1 aliphatic carbocycles. The van der Waals surface area contributed by atoms with Crippen molar-refractivity contribution in [2.24, 2.45) is 0 Å². The van der Waals surface area contributed by atoms with Gasteiger partial charge in [0.1, 0.15) is 15.7 Å². The summed E-state index contributed by atoms with van der Waals surface area (Å²) in [6, 6.07) is 6.14. The van der Waals surface area contributed by atoms with Crippen LogP contribution in [0.25, 0.3) is 56.5 Å². The SMILES string of the molecule is CN(C)c1cncc2sc3c(=O)n(-c4ccc5scnc5c4)cnc3c12.CN(C)c1cncc2sc3c(=O)n(C4CCCCC4)cnc3c12. The van der Waals surface area contributed by atoms with Crippen LogP contribution in [0.1, 0.15) is 38.1 Å². The molecule has 1 aromatic carbocycles. The van der Waals surface area contributed by atoms with Crippen molar-refractivity contribution in [3.8, 4) is 5.69 Å². The van der Waals surface area contributed by atoms with E-state index in [9.17, 15) is 9.59 Å². The quantitative estimate of drug-likeness (QED) is 0.187. The molecule has 11 nitrogen and oxygen atoms in total. The van der Waals surface area contributed by atoms with E-state index in [0.717, 1.165) is 76.0 Å². The Morgan fingerprint density at radius 2 is 1.33 bits per heavy atom. The first-order valence-electron chi connectivity index (χ1n) is 16.0. The number of hydrogen-bond acceptors (Lipinski definition) is 12. The Labute approximate surface area is 292 Å². The second-order valence-electron chi connectivity index (χ2n) is 12.6. The number of fused-ring (bicyclic) bond motifs is 7. The predicted molar refractivity (Wildman–Crippen MR) is 204 cm³/mol. The molecule has 7 aromatic heterocycles. The van der Waals surface area contributed by atoms with Gasteiger partial charge in [-0.2, -0.15) is 0 Å². The summed E-state index contributed by atoms with van der Waals surface area (Å²) in [4.78, 5) is 52.3. The minimum absolute atomic E-state index is 0.0736. The average molecular weight is 708 g/mol. The summed E-state index contributed by atoms with van der Waals surface area (Å²) in [7, 11) is 7.90. The molecular weight excluding hydrogens is 675 g/mol. The first-order chi connectivity index (χ1) is 23.8. The topological polar surface area (TPSA) is 115 Å². The van der Waals surface area contributed by atoms with Crippen molar-refractivity contribution in [1.29, 1.82) is 0 Å². The van der Waals surface area contributed by atoms with Gasteiger partial charge in [-0.25, -0.2) is 15.0 Å². The zero-order chi connectivity index (χ0) is 33.8. The Bertz CT molecular complexity index is 2630. The standard InChI is InChI=1S/C18H13N5OS2.C17H20N4OS/c1-22(2)12-6-19-7-14-15(12)16-17(26-14)18(24)23(8-20-16)10-3-4-13-11(5-10)21-9-25-13;1-20(2)12-8-18-9-13-14(12)15-16(23-13)17(22)21(10-19-15)11-6-4-3-5-7-11/h3-9H,1-2H3;8-11H,3-7H2,1-2H3. The van der Waals surface area contributed by atoms with Crippen LogP contribution in [-0.2, 0) is 0 Å². The molecule has 0 bridgehead atoms. The summed E-state index contributed by atoms with van der Waals surface area (Å²) in [6.07, 6.45) is 16.5. The number of rotatable bonds is 4. The molecule has 8 aromatic rings. The molecule has 7 heterocycles. The largest absolute Gasteiger partial charge is 0.376 e. The number of pyridine rings is 2. The highest BCUT2D eigenvalue weighted by Crippen LogP contribution is 2.37. The zero-order valence-electron chi connectivity index (χ0n) is 27.5. The van der Waals surface area contributed by atoms with Gasteiger partial charge < -0.3 is 9.80 Å². The number of nitrogens with zero attached hydrogens (tertiary/aromatic N) is 9. The van der Waals surface area contributed by atoms with E-state index in [1.54, 1.807) is 46.5 Å². The van der Waals surface area contributed by atoms with E-state index in [0.29, 0.717) is 10.7 Å². The average Bonchev–Trinajstić information content (AvgIpc) is 3.85. The molecule has 0 N–H and O–H groups in total. The van der Waals surface area contributed by atoms with Gasteiger partial charge >= 0.3 is 0 Å². The van der Waals surface area contributed by atoms with E-state index in [4.69, 9.17) is 0 Å². The fraction of sp³-hybridized carbons (Fsp3) is 0.286. The number of aromatic nitrogens is 7. The maximum absolute atomic E-state index is 13.1. The van der Waals surface area contributed by atoms with Crippen LogP contribution < -0.4 is 20.9 Å². The summed E-state index contributed by atoms with van der Waals surface area (Å²) >= 11 is 4.53. The van der Waals surface area contributed by atoms with Crippen LogP contribution in [0, 0.1) is 0 Å². The third kappa shape index (κ3) is 5.43. The van der Waals surface area contributed by atoms with Gasteiger partial charge in [0.2, 0.25) is 0 Å². The summed E-state index contributed by atoms with van der Waals surface area (Å²) in [6.45, 7) is 0. The lowest BCUT2D eigenvalue weighted by atomic mass is 9.95. The van der Waals surface area contributed by atoms with E-state index in [-0.39, 0.29) is 11.1 Å². The third-order valence-electron chi connectivity index (χ3n) is 9.09. The second-order valence-corrected chi connectivity index (χ2v) is 15.6. The van der Waals surface area contributed by atoms with Gasteiger partial charge in [0.05, 0.1) is 71.9 Å². The van der Waals surface area contributed by atoms with Gasteiger partial charge in [0.25, 0.3) is 11.1 Å². The summed E-state index contributed by atoms with van der Waals surface area (Å²) in [5, 5.41) is 2.02. The normalized spacial score (nSPS) is 13.8. The molecule has 9 rings (SSSR count). The summed E-state index contributed by atoms with van der Waals surface area (Å²) in [5.74, 6) is 0. The molecule has 0 atom stereocenters. The van der Waals surface area contributed by atoms with Gasteiger partial charge in [0, 0.05) is 57.4 Å². The monoisotopic (exact) mass is 707 g/mol. The lowest BCUT2D eigenvalue weighted by Crippen LogP contribution is -2.26. The van der Waals surface area contributed by atoms with E-state index in [2.05, 4.69) is 24.9 Å². The van der Waals surface area contributed by atoms with Crippen LogP contribution in [0.4, 0.5) is 11.4 Å². The van der Waals surface area contributed by atoms with Crippen LogP contribution in [0.15, 0.2) is 70.7 Å². The molecule has 1 saturated carbocycles. The Balaban J connectivity index is 0.000000143. The van der Waals surface area contributed by atoms with Crippen molar-refractivity contribution in [2.75, 3.05) is 38.0 Å². The van der Waals surface area contributed by atoms with Gasteiger partial charge in [0.15, 0.2) is 0 Å². The van der Waals surface area contributed by atoms with Crippen LogP contribution >= 0.6 is 34.0 Å². The molecule has 1 aliphatic rings. The van der Waals surface area contributed by atoms with Crippen LogP contribution in [0.3, 0.4) is 0 Å². The molecule has 248 valence electrons. The number of thiazole rings is 1. The van der Waals surface area contributed by atoms with Crippen molar-refractivity contribution < 1.29 is 0 Å². The zero-order valence-corrected chi connectivity index (χ0v) is 29.9. The van der Waals surface area contributed by atoms with Crippen molar-refractivity contribution in [3.63, 3.8) is 0 Å². The molecule has 0 aliphatic heterocycles. The molecule has 49 heavy (non-hydrogen) atoms. The maximum Gasteiger partial charge on any atom is 0.275 e. The van der Waals surface area contributed by atoms with Crippen molar-refractivity contribution in [3.05, 3.63) is 81.9 Å². The first-order valence-corrected chi connectivity index (χ1v) is 18.5. The highest BCUT2D eigenvalue weighted by molar-refractivity contribution is 7.26. The van der Waals surface area contributed by atoms with E-state index >= 15 is 0 Å². The minimum Gasteiger partial charge on any atom is -0.376 e. The third-order valence-corrected chi connectivity index (χ3v) is 12.1. The van der Waals surface area contributed by atoms with Crippen LogP contribution in [-0.4, -0.2) is 62.2 Å². The highest BCUT2D eigenvalue weighted by atomic mass is 32.1. The van der Waals surface area contributed by atoms with Gasteiger partial charge in [-0.3, -0.25) is 28.7 Å². The lowest BCUT2D eigenvalue weighted by Gasteiger charge is -2.23. The molecule has 0 unspecified atom stereocenters. The molecule has 1 fully saturated rings. The van der Waals surface area contributed by atoms with E-state index < -0.39 is 0 Å². The van der Waals surface area contributed by atoms with Crippen molar-refractivity contribution in [1.82, 2.24) is 34.1 Å². The summed E-state index contributed by atoms with van der Waals surface area (Å²) in [5.41, 5.74) is 7.00. The Morgan fingerprint density at radius 1 is 0.714 bits per heavy atom. The predicted octanol–water partition coefficient (Wildman–Crippen LogP) is 7.25. The smallest absolute Gasteiger partial charge is 0.275 e. The second kappa shape index (κ2) is 12.6. The molecule has 0 saturated heterocycles.